The van der Waals surface area contributed by atoms with Gasteiger partial charge in [0.1, 0.15) is 5.60 Å². The SMILES string of the molecule is CC1=C2C=CC34CC(C)(CCC3C2(C)CCC1=O)C(=O)O4. The highest BCUT2D eigenvalue weighted by Crippen LogP contribution is 2.64. The lowest BCUT2D eigenvalue weighted by atomic mass is 9.51. The number of Topliss-reactive ketones (excluding diaryl/α,β-unsaturated/α-hetero) is 1. The van der Waals surface area contributed by atoms with Crippen molar-refractivity contribution in [1.82, 2.24) is 0 Å². The highest BCUT2D eigenvalue weighted by Gasteiger charge is 2.65. The Morgan fingerprint density at radius 3 is 2.76 bits per heavy atom. The van der Waals surface area contributed by atoms with Gasteiger partial charge in [-0.15, -0.1) is 0 Å². The molecule has 4 rings (SSSR count). The molecule has 0 N–H and O–H groups in total. The molecule has 1 saturated carbocycles. The summed E-state index contributed by atoms with van der Waals surface area (Å²) in [5, 5.41) is 0. The van der Waals surface area contributed by atoms with Crippen LogP contribution in [0.15, 0.2) is 23.3 Å². The number of carbonyl (C=O) groups excluding carboxylic acids is 2. The van der Waals surface area contributed by atoms with Crippen molar-refractivity contribution in [3.05, 3.63) is 23.3 Å². The molecular weight excluding hydrogens is 264 g/mol. The summed E-state index contributed by atoms with van der Waals surface area (Å²) in [5.41, 5.74) is 1.33. The van der Waals surface area contributed by atoms with Gasteiger partial charge in [0, 0.05) is 24.2 Å². The Hall–Kier alpha value is -1.38. The highest BCUT2D eigenvalue weighted by molar-refractivity contribution is 5.97. The predicted octanol–water partition coefficient (Wildman–Crippen LogP) is 3.34. The van der Waals surface area contributed by atoms with E-state index in [-0.39, 0.29) is 22.6 Å². The van der Waals surface area contributed by atoms with E-state index in [1.165, 1.54) is 5.57 Å². The molecule has 2 fully saturated rings. The van der Waals surface area contributed by atoms with E-state index in [1.54, 1.807) is 0 Å². The maximum absolute atomic E-state index is 12.3. The Bertz CT molecular complexity index is 628. The van der Waals surface area contributed by atoms with Crippen LogP contribution in [0.3, 0.4) is 0 Å². The summed E-state index contributed by atoms with van der Waals surface area (Å²) in [4.78, 5) is 24.3. The number of hydrogen-bond donors (Lipinski definition) is 0. The van der Waals surface area contributed by atoms with E-state index in [0.717, 1.165) is 31.3 Å². The van der Waals surface area contributed by atoms with Gasteiger partial charge in [-0.05, 0) is 50.3 Å². The number of carbonyl (C=O) groups is 2. The zero-order valence-corrected chi connectivity index (χ0v) is 13.0. The summed E-state index contributed by atoms with van der Waals surface area (Å²) in [6, 6.07) is 0. The quantitative estimate of drug-likeness (QED) is 0.641. The van der Waals surface area contributed by atoms with Gasteiger partial charge in [0.25, 0.3) is 0 Å². The van der Waals surface area contributed by atoms with Gasteiger partial charge in [-0.2, -0.15) is 0 Å². The van der Waals surface area contributed by atoms with Crippen LogP contribution in [0, 0.1) is 16.7 Å². The lowest BCUT2D eigenvalue weighted by Gasteiger charge is -2.53. The number of esters is 1. The van der Waals surface area contributed by atoms with E-state index in [0.29, 0.717) is 12.3 Å². The van der Waals surface area contributed by atoms with Crippen molar-refractivity contribution < 1.29 is 14.3 Å². The van der Waals surface area contributed by atoms with Crippen LogP contribution < -0.4 is 0 Å². The van der Waals surface area contributed by atoms with Crippen molar-refractivity contribution >= 4 is 11.8 Å². The van der Waals surface area contributed by atoms with Crippen LogP contribution in [-0.2, 0) is 14.3 Å². The molecule has 0 radical (unpaired) electrons. The van der Waals surface area contributed by atoms with Crippen molar-refractivity contribution in [1.29, 1.82) is 0 Å². The standard InChI is InChI=1S/C18H22O3/c1-11-12-4-9-18-10-16(2,15(20)21-18)7-6-14(18)17(12,3)8-5-13(11)19/h4,9,14H,5-8,10H2,1-3H3. The fraction of sp³-hybridized carbons (Fsp3) is 0.667. The Balaban J connectivity index is 1.89. The molecule has 1 heterocycles. The van der Waals surface area contributed by atoms with E-state index >= 15 is 0 Å². The summed E-state index contributed by atoms with van der Waals surface area (Å²) < 4.78 is 5.92. The number of ketones is 1. The molecule has 3 heteroatoms. The molecular formula is C18H22O3. The third-order valence-corrected chi connectivity index (χ3v) is 6.63. The predicted molar refractivity (Wildman–Crippen MR) is 78.5 cm³/mol. The van der Waals surface area contributed by atoms with Crippen molar-refractivity contribution in [2.75, 3.05) is 0 Å². The molecule has 1 spiro atoms. The molecule has 3 aliphatic carbocycles. The normalized spacial score (nSPS) is 48.0. The molecule has 112 valence electrons. The largest absolute Gasteiger partial charge is 0.454 e. The zero-order valence-electron chi connectivity index (χ0n) is 13.0. The van der Waals surface area contributed by atoms with Crippen LogP contribution in [-0.4, -0.2) is 17.4 Å². The van der Waals surface area contributed by atoms with Crippen LogP contribution in [0.2, 0.25) is 0 Å². The van der Waals surface area contributed by atoms with Crippen LogP contribution in [0.5, 0.6) is 0 Å². The summed E-state index contributed by atoms with van der Waals surface area (Å²) in [5.74, 6) is 0.550. The first kappa shape index (κ1) is 13.3. The smallest absolute Gasteiger partial charge is 0.312 e. The van der Waals surface area contributed by atoms with E-state index in [4.69, 9.17) is 4.74 Å². The topological polar surface area (TPSA) is 43.4 Å². The number of rotatable bonds is 0. The zero-order chi connectivity index (χ0) is 15.0. The summed E-state index contributed by atoms with van der Waals surface area (Å²) in [6.07, 6.45) is 8.37. The monoisotopic (exact) mass is 286 g/mol. The van der Waals surface area contributed by atoms with Gasteiger partial charge in [0.05, 0.1) is 5.41 Å². The minimum absolute atomic E-state index is 0.0291. The first-order valence-electron chi connectivity index (χ1n) is 7.98. The molecule has 4 aliphatic rings. The number of hydrogen-bond acceptors (Lipinski definition) is 3. The average molecular weight is 286 g/mol. The number of fused-ring (bicyclic) bond motifs is 3. The molecule has 0 aromatic carbocycles. The van der Waals surface area contributed by atoms with Gasteiger partial charge < -0.3 is 4.74 Å². The van der Waals surface area contributed by atoms with Crippen molar-refractivity contribution in [3.8, 4) is 0 Å². The van der Waals surface area contributed by atoms with Gasteiger partial charge in [-0.25, -0.2) is 0 Å². The highest BCUT2D eigenvalue weighted by atomic mass is 16.6. The van der Waals surface area contributed by atoms with E-state index in [9.17, 15) is 9.59 Å². The molecule has 21 heavy (non-hydrogen) atoms. The lowest BCUT2D eigenvalue weighted by molar-refractivity contribution is -0.153. The molecule has 2 bridgehead atoms. The maximum Gasteiger partial charge on any atom is 0.312 e. The third-order valence-electron chi connectivity index (χ3n) is 6.63. The van der Waals surface area contributed by atoms with Gasteiger partial charge in [-0.3, -0.25) is 9.59 Å². The number of ether oxygens (including phenoxy) is 1. The molecule has 4 unspecified atom stereocenters. The Morgan fingerprint density at radius 2 is 2.00 bits per heavy atom. The summed E-state index contributed by atoms with van der Waals surface area (Å²) >= 11 is 0. The van der Waals surface area contributed by atoms with Crippen LogP contribution >= 0.6 is 0 Å². The molecule has 0 amide bonds. The van der Waals surface area contributed by atoms with Gasteiger partial charge in [-0.1, -0.05) is 13.0 Å². The Labute approximate surface area is 125 Å². The van der Waals surface area contributed by atoms with Crippen molar-refractivity contribution in [3.63, 3.8) is 0 Å². The van der Waals surface area contributed by atoms with Gasteiger partial charge in [0.15, 0.2) is 5.78 Å². The minimum atomic E-state index is -0.428. The average Bonchev–Trinajstić information content (AvgIpc) is 2.60. The maximum atomic E-state index is 12.3. The fourth-order valence-electron chi connectivity index (χ4n) is 5.35. The number of allylic oxidation sites excluding steroid dienone is 3. The van der Waals surface area contributed by atoms with Crippen LogP contribution in [0.25, 0.3) is 0 Å². The third kappa shape index (κ3) is 1.45. The van der Waals surface area contributed by atoms with Gasteiger partial charge in [0.2, 0.25) is 0 Å². The van der Waals surface area contributed by atoms with E-state index in [1.807, 2.05) is 13.8 Å². The second-order valence-electron chi connectivity index (χ2n) is 7.89. The summed E-state index contributed by atoms with van der Waals surface area (Å²) in [6.45, 7) is 6.26. The lowest BCUT2D eigenvalue weighted by Crippen LogP contribution is -2.52. The van der Waals surface area contributed by atoms with Gasteiger partial charge >= 0.3 is 5.97 Å². The van der Waals surface area contributed by atoms with Crippen LogP contribution in [0.4, 0.5) is 0 Å². The first-order chi connectivity index (χ1) is 9.81. The molecule has 1 aliphatic heterocycles. The Morgan fingerprint density at radius 1 is 1.24 bits per heavy atom. The molecule has 0 aromatic rings. The molecule has 4 atom stereocenters. The second kappa shape index (κ2) is 3.68. The first-order valence-corrected chi connectivity index (χ1v) is 7.98. The van der Waals surface area contributed by atoms with Crippen LogP contribution in [0.1, 0.15) is 52.9 Å². The second-order valence-corrected chi connectivity index (χ2v) is 7.89. The molecule has 1 saturated heterocycles. The Kier molecular flexibility index (Phi) is 2.33. The summed E-state index contributed by atoms with van der Waals surface area (Å²) in [7, 11) is 0. The van der Waals surface area contributed by atoms with Crippen molar-refractivity contribution in [2.24, 2.45) is 16.7 Å². The molecule has 0 aromatic heterocycles. The van der Waals surface area contributed by atoms with E-state index < -0.39 is 5.60 Å². The molecule has 3 nitrogen and oxygen atoms in total. The minimum Gasteiger partial charge on any atom is -0.454 e. The van der Waals surface area contributed by atoms with E-state index in [2.05, 4.69) is 19.1 Å². The van der Waals surface area contributed by atoms with Crippen molar-refractivity contribution in [2.45, 2.75) is 58.5 Å². The fourth-order valence-corrected chi connectivity index (χ4v) is 5.35.